The lowest BCUT2D eigenvalue weighted by atomic mass is 10.1. The maximum atomic E-state index is 12.8. The van der Waals surface area contributed by atoms with Gasteiger partial charge in [-0.25, -0.2) is 4.39 Å². The molecule has 2 aromatic carbocycles. The van der Waals surface area contributed by atoms with Crippen molar-refractivity contribution in [2.45, 2.75) is 18.2 Å². The summed E-state index contributed by atoms with van der Waals surface area (Å²) >= 11 is 1.52. The second kappa shape index (κ2) is 7.13. The Bertz CT molecular complexity index is 629. The van der Waals surface area contributed by atoms with Gasteiger partial charge in [0.15, 0.2) is 0 Å². The number of rotatable bonds is 5. The molecule has 0 aromatic heterocycles. The van der Waals surface area contributed by atoms with Gasteiger partial charge >= 0.3 is 0 Å². The number of nitrogen functional groups attached to an aromatic ring is 1. The average Bonchev–Trinajstić information content (AvgIpc) is 2.46. The zero-order valence-corrected chi connectivity index (χ0v) is 12.5. The van der Waals surface area contributed by atoms with Crippen LogP contribution in [0.1, 0.15) is 12.0 Å². The number of carbonyl (C=O) groups is 1. The van der Waals surface area contributed by atoms with Crippen LogP contribution < -0.4 is 11.1 Å². The Labute approximate surface area is 127 Å². The van der Waals surface area contributed by atoms with Crippen LogP contribution in [-0.4, -0.2) is 11.7 Å². The zero-order chi connectivity index (χ0) is 15.2. The van der Waals surface area contributed by atoms with Crippen LogP contribution in [0.5, 0.6) is 0 Å². The third-order valence-electron chi connectivity index (χ3n) is 3.06. The Morgan fingerprint density at radius 1 is 1.24 bits per heavy atom. The number of halogens is 1. The first kappa shape index (κ1) is 15.4. The molecule has 0 atom stereocenters. The van der Waals surface area contributed by atoms with Gasteiger partial charge in [0.05, 0.1) is 0 Å². The van der Waals surface area contributed by atoms with Gasteiger partial charge in [-0.3, -0.25) is 4.79 Å². The first-order valence-corrected chi connectivity index (χ1v) is 7.58. The van der Waals surface area contributed by atoms with Gasteiger partial charge < -0.3 is 11.1 Å². The number of hydrogen-bond acceptors (Lipinski definition) is 3. The van der Waals surface area contributed by atoms with Crippen molar-refractivity contribution >= 4 is 29.0 Å². The first-order valence-electron chi connectivity index (χ1n) is 6.59. The summed E-state index contributed by atoms with van der Waals surface area (Å²) in [5.41, 5.74) is 8.07. The van der Waals surface area contributed by atoms with Crippen molar-refractivity contribution in [1.82, 2.24) is 0 Å². The molecule has 2 aromatic rings. The molecule has 5 heteroatoms. The molecule has 0 spiro atoms. The fourth-order valence-corrected chi connectivity index (χ4v) is 2.65. The second-order valence-electron chi connectivity index (χ2n) is 4.62. The van der Waals surface area contributed by atoms with Crippen molar-refractivity contribution in [3.8, 4) is 0 Å². The largest absolute Gasteiger partial charge is 0.398 e. The predicted octanol–water partition coefficient (Wildman–Crippen LogP) is 3.84. The minimum atomic E-state index is -0.255. The summed E-state index contributed by atoms with van der Waals surface area (Å²) in [4.78, 5) is 12.8. The van der Waals surface area contributed by atoms with Crippen LogP contribution in [-0.2, 0) is 4.79 Å². The summed E-state index contributed by atoms with van der Waals surface area (Å²) in [5.74, 6) is 0.325. The van der Waals surface area contributed by atoms with Crippen LogP contribution in [0, 0.1) is 12.7 Å². The Morgan fingerprint density at radius 3 is 2.67 bits per heavy atom. The van der Waals surface area contributed by atoms with E-state index in [4.69, 9.17) is 5.73 Å². The Kier molecular flexibility index (Phi) is 5.22. The lowest BCUT2D eigenvalue weighted by molar-refractivity contribution is -0.115. The lowest BCUT2D eigenvalue weighted by Gasteiger charge is -2.10. The highest BCUT2D eigenvalue weighted by atomic mass is 32.2. The normalized spacial score (nSPS) is 10.4. The van der Waals surface area contributed by atoms with Crippen LogP contribution in [0.15, 0.2) is 47.4 Å². The van der Waals surface area contributed by atoms with Crippen LogP contribution in [0.2, 0.25) is 0 Å². The monoisotopic (exact) mass is 304 g/mol. The summed E-state index contributed by atoms with van der Waals surface area (Å²) in [6.07, 6.45) is 0.385. The molecule has 0 saturated heterocycles. The van der Waals surface area contributed by atoms with Gasteiger partial charge in [-0.1, -0.05) is 6.07 Å². The number of nitrogens with two attached hydrogens (primary N) is 1. The van der Waals surface area contributed by atoms with Gasteiger partial charge in [0, 0.05) is 28.4 Å². The molecule has 0 radical (unpaired) electrons. The molecular weight excluding hydrogens is 287 g/mol. The highest BCUT2D eigenvalue weighted by molar-refractivity contribution is 7.99. The third-order valence-corrected chi connectivity index (χ3v) is 4.08. The molecule has 0 unspecified atom stereocenters. The summed E-state index contributed by atoms with van der Waals surface area (Å²) in [7, 11) is 0. The third kappa shape index (κ3) is 4.49. The predicted molar refractivity (Wildman–Crippen MR) is 86.0 cm³/mol. The van der Waals surface area contributed by atoms with E-state index in [0.717, 1.165) is 16.1 Å². The molecule has 0 heterocycles. The maximum absolute atomic E-state index is 12.8. The number of amides is 1. The Hall–Kier alpha value is -2.01. The smallest absolute Gasteiger partial charge is 0.225 e. The number of carbonyl (C=O) groups excluding carboxylic acids is 1. The van der Waals surface area contributed by atoms with Crippen LogP contribution in [0.4, 0.5) is 15.8 Å². The zero-order valence-electron chi connectivity index (χ0n) is 11.7. The van der Waals surface area contributed by atoms with Crippen molar-refractivity contribution in [1.29, 1.82) is 0 Å². The number of nitrogens with one attached hydrogen (secondary N) is 1. The highest BCUT2D eigenvalue weighted by Gasteiger charge is 2.06. The molecular formula is C16H17FN2OS. The number of anilines is 2. The van der Waals surface area contributed by atoms with E-state index in [0.29, 0.717) is 17.9 Å². The van der Waals surface area contributed by atoms with E-state index in [1.807, 2.05) is 19.1 Å². The van der Waals surface area contributed by atoms with Crippen LogP contribution >= 0.6 is 11.8 Å². The summed E-state index contributed by atoms with van der Waals surface area (Å²) < 4.78 is 12.8. The summed E-state index contributed by atoms with van der Waals surface area (Å²) in [6, 6.07) is 11.7. The molecule has 3 N–H and O–H groups in total. The molecule has 0 aliphatic rings. The molecule has 1 amide bonds. The number of benzene rings is 2. The summed E-state index contributed by atoms with van der Waals surface area (Å²) in [6.45, 7) is 1.87. The van der Waals surface area contributed by atoms with E-state index in [1.165, 1.54) is 23.9 Å². The van der Waals surface area contributed by atoms with E-state index in [-0.39, 0.29) is 11.7 Å². The molecule has 2 rings (SSSR count). The van der Waals surface area contributed by atoms with Crippen molar-refractivity contribution in [2.75, 3.05) is 16.8 Å². The highest BCUT2D eigenvalue weighted by Crippen LogP contribution is 2.22. The average molecular weight is 304 g/mol. The van der Waals surface area contributed by atoms with E-state index in [9.17, 15) is 9.18 Å². The SMILES string of the molecule is Cc1c(N)cccc1NC(=O)CCSc1ccc(F)cc1. The van der Waals surface area contributed by atoms with E-state index >= 15 is 0 Å². The maximum Gasteiger partial charge on any atom is 0.225 e. The van der Waals surface area contributed by atoms with Crippen molar-refractivity contribution in [3.63, 3.8) is 0 Å². The van der Waals surface area contributed by atoms with Crippen molar-refractivity contribution in [2.24, 2.45) is 0 Å². The van der Waals surface area contributed by atoms with Crippen LogP contribution in [0.3, 0.4) is 0 Å². The minimum Gasteiger partial charge on any atom is -0.398 e. The lowest BCUT2D eigenvalue weighted by Crippen LogP contribution is -2.13. The molecule has 110 valence electrons. The fraction of sp³-hybridized carbons (Fsp3) is 0.188. The molecule has 0 fully saturated rings. The molecule has 21 heavy (non-hydrogen) atoms. The molecule has 3 nitrogen and oxygen atoms in total. The van der Waals surface area contributed by atoms with Crippen molar-refractivity contribution in [3.05, 3.63) is 53.8 Å². The number of thioether (sulfide) groups is 1. The molecule has 0 aliphatic heterocycles. The quantitative estimate of drug-likeness (QED) is 0.652. The van der Waals surface area contributed by atoms with Gasteiger partial charge in [0.25, 0.3) is 0 Å². The van der Waals surface area contributed by atoms with E-state index < -0.39 is 0 Å². The Balaban J connectivity index is 1.82. The van der Waals surface area contributed by atoms with Gasteiger partial charge in [-0.05, 0) is 48.9 Å². The molecule has 0 aliphatic carbocycles. The Morgan fingerprint density at radius 2 is 1.95 bits per heavy atom. The van der Waals surface area contributed by atoms with Crippen LogP contribution in [0.25, 0.3) is 0 Å². The second-order valence-corrected chi connectivity index (χ2v) is 5.79. The van der Waals surface area contributed by atoms with Crippen molar-refractivity contribution < 1.29 is 9.18 Å². The minimum absolute atomic E-state index is 0.0571. The van der Waals surface area contributed by atoms with E-state index in [2.05, 4.69) is 5.32 Å². The summed E-state index contributed by atoms with van der Waals surface area (Å²) in [5, 5.41) is 2.85. The van der Waals surface area contributed by atoms with Gasteiger partial charge in [0.2, 0.25) is 5.91 Å². The topological polar surface area (TPSA) is 55.1 Å². The van der Waals surface area contributed by atoms with Gasteiger partial charge in [0.1, 0.15) is 5.82 Å². The standard InChI is InChI=1S/C16H17FN2OS/c1-11-14(18)3-2-4-15(11)19-16(20)9-10-21-13-7-5-12(17)6-8-13/h2-8H,9-10,18H2,1H3,(H,19,20). The van der Waals surface area contributed by atoms with E-state index in [1.54, 1.807) is 18.2 Å². The van der Waals surface area contributed by atoms with Gasteiger partial charge in [-0.15, -0.1) is 11.8 Å². The first-order chi connectivity index (χ1) is 10.1. The fourth-order valence-electron chi connectivity index (χ4n) is 1.79. The molecule has 0 saturated carbocycles. The molecule has 0 bridgehead atoms. The number of hydrogen-bond donors (Lipinski definition) is 2. The van der Waals surface area contributed by atoms with Gasteiger partial charge in [-0.2, -0.15) is 0 Å².